The van der Waals surface area contributed by atoms with Crippen molar-refractivity contribution in [2.45, 2.75) is 33.2 Å². The van der Waals surface area contributed by atoms with Crippen LogP contribution >= 0.6 is 11.6 Å². The van der Waals surface area contributed by atoms with E-state index >= 15 is 0 Å². The summed E-state index contributed by atoms with van der Waals surface area (Å²) in [4.78, 5) is 14.8. The summed E-state index contributed by atoms with van der Waals surface area (Å²) in [6, 6.07) is 7.49. The Morgan fingerprint density at radius 3 is 2.67 bits per heavy atom. The van der Waals surface area contributed by atoms with E-state index in [1.165, 1.54) is 4.68 Å². The maximum Gasteiger partial charge on any atom is 0.278 e. The fourth-order valence-electron chi connectivity index (χ4n) is 3.18. The summed E-state index contributed by atoms with van der Waals surface area (Å²) in [6.07, 6.45) is 2.14. The molecule has 128 valence electrons. The largest absolute Gasteiger partial charge is 0.356 e. The third kappa shape index (κ3) is 3.26. The molecule has 5 nitrogen and oxygen atoms in total. The van der Waals surface area contributed by atoms with Crippen molar-refractivity contribution in [1.29, 1.82) is 5.41 Å². The molecule has 3 rings (SSSR count). The number of hydrogen-bond donors (Lipinski definition) is 2. The minimum Gasteiger partial charge on any atom is -0.356 e. The summed E-state index contributed by atoms with van der Waals surface area (Å²) in [5.41, 5.74) is 1.93. The second kappa shape index (κ2) is 6.85. The van der Waals surface area contributed by atoms with Crippen LogP contribution in [-0.2, 0) is 6.54 Å². The molecule has 2 N–H and O–H groups in total. The molecule has 0 saturated carbocycles. The third-order valence-corrected chi connectivity index (χ3v) is 5.13. The van der Waals surface area contributed by atoms with E-state index in [2.05, 4.69) is 12.0 Å². The van der Waals surface area contributed by atoms with Crippen LogP contribution in [0.5, 0.6) is 0 Å². The predicted octanol–water partition coefficient (Wildman–Crippen LogP) is 3.24. The zero-order chi connectivity index (χ0) is 17.3. The number of nitrogens with one attached hydrogen (secondary N) is 2. The lowest BCUT2D eigenvalue weighted by Gasteiger charge is -2.31. The van der Waals surface area contributed by atoms with Gasteiger partial charge >= 0.3 is 0 Å². The van der Waals surface area contributed by atoms with Crippen molar-refractivity contribution in [3.8, 4) is 0 Å². The molecule has 0 spiro atoms. The highest BCUT2D eigenvalue weighted by atomic mass is 35.5. The van der Waals surface area contributed by atoms with E-state index in [0.717, 1.165) is 37.2 Å². The van der Waals surface area contributed by atoms with Gasteiger partial charge in [0, 0.05) is 23.8 Å². The van der Waals surface area contributed by atoms with Crippen LogP contribution in [0.1, 0.15) is 36.6 Å². The van der Waals surface area contributed by atoms with Gasteiger partial charge in [0.1, 0.15) is 11.4 Å². The minimum absolute atomic E-state index is 0.156. The van der Waals surface area contributed by atoms with Gasteiger partial charge in [-0.25, -0.2) is 4.68 Å². The number of nitrogens with zero attached hydrogens (tertiary/aromatic N) is 2. The van der Waals surface area contributed by atoms with E-state index in [0.29, 0.717) is 28.9 Å². The molecule has 6 heteroatoms. The molecule has 0 unspecified atom stereocenters. The Bertz CT molecular complexity index is 800. The third-order valence-electron chi connectivity index (χ3n) is 4.76. The molecular weight excluding hydrogens is 324 g/mol. The number of halogens is 1. The first-order chi connectivity index (χ1) is 11.5. The van der Waals surface area contributed by atoms with Crippen LogP contribution in [0.3, 0.4) is 0 Å². The Labute approximate surface area is 146 Å². The van der Waals surface area contributed by atoms with Gasteiger partial charge in [-0.15, -0.1) is 0 Å². The lowest BCUT2D eigenvalue weighted by Crippen LogP contribution is -2.40. The van der Waals surface area contributed by atoms with Gasteiger partial charge in [0.25, 0.3) is 5.56 Å². The van der Waals surface area contributed by atoms with Crippen LogP contribution in [-0.4, -0.2) is 33.6 Å². The molecule has 0 atom stereocenters. The van der Waals surface area contributed by atoms with Gasteiger partial charge in [-0.2, -0.15) is 0 Å². The SMILES string of the molecule is Cc1[nH]n(Cc2ccccc2Cl)c(=O)c1C(=N)N1CCC(C)CC1. The van der Waals surface area contributed by atoms with Gasteiger partial charge < -0.3 is 4.90 Å². The fraction of sp³-hybridized carbons (Fsp3) is 0.444. The predicted molar refractivity (Wildman–Crippen MR) is 97.1 cm³/mol. The Hall–Kier alpha value is -2.01. The first-order valence-corrected chi connectivity index (χ1v) is 8.72. The number of rotatable bonds is 3. The highest BCUT2D eigenvalue weighted by molar-refractivity contribution is 6.31. The molecule has 0 aliphatic carbocycles. The Morgan fingerprint density at radius 1 is 1.33 bits per heavy atom. The van der Waals surface area contributed by atoms with Crippen LogP contribution in [0.4, 0.5) is 0 Å². The zero-order valence-electron chi connectivity index (χ0n) is 14.1. The van der Waals surface area contributed by atoms with Gasteiger partial charge in [-0.1, -0.05) is 36.7 Å². The molecule has 2 aromatic rings. The summed E-state index contributed by atoms with van der Waals surface area (Å²) in [5, 5.41) is 12.2. The number of amidine groups is 1. The maximum absolute atomic E-state index is 12.8. The minimum atomic E-state index is -0.156. The number of H-pyrrole nitrogens is 1. The van der Waals surface area contributed by atoms with Crippen molar-refractivity contribution in [1.82, 2.24) is 14.7 Å². The molecule has 1 aliphatic heterocycles. The van der Waals surface area contributed by atoms with Crippen molar-refractivity contribution >= 4 is 17.4 Å². The van der Waals surface area contributed by atoms with E-state index in [-0.39, 0.29) is 5.56 Å². The van der Waals surface area contributed by atoms with Gasteiger partial charge in [-0.3, -0.25) is 15.3 Å². The number of aryl methyl sites for hydroxylation is 1. The van der Waals surface area contributed by atoms with Crippen molar-refractivity contribution in [2.75, 3.05) is 13.1 Å². The molecule has 2 heterocycles. The molecular formula is C18H23ClN4O. The molecule has 1 aliphatic rings. The lowest BCUT2D eigenvalue weighted by atomic mass is 9.98. The van der Waals surface area contributed by atoms with Crippen LogP contribution in [0.25, 0.3) is 0 Å². The highest BCUT2D eigenvalue weighted by Crippen LogP contribution is 2.19. The van der Waals surface area contributed by atoms with Crippen molar-refractivity contribution in [2.24, 2.45) is 5.92 Å². The second-order valence-corrected chi connectivity index (χ2v) is 7.02. The fourth-order valence-corrected chi connectivity index (χ4v) is 3.38. The number of aromatic amines is 1. The van der Waals surface area contributed by atoms with Crippen molar-refractivity contribution < 1.29 is 0 Å². The number of likely N-dealkylation sites (tertiary alicyclic amines) is 1. The molecule has 1 fully saturated rings. The topological polar surface area (TPSA) is 64.9 Å². The maximum atomic E-state index is 12.8. The highest BCUT2D eigenvalue weighted by Gasteiger charge is 2.24. The first kappa shape index (κ1) is 16.8. The van der Waals surface area contributed by atoms with Crippen LogP contribution in [0.2, 0.25) is 5.02 Å². The summed E-state index contributed by atoms with van der Waals surface area (Å²) >= 11 is 6.19. The summed E-state index contributed by atoms with van der Waals surface area (Å²) in [7, 11) is 0. The molecule has 0 radical (unpaired) electrons. The van der Waals surface area contributed by atoms with Gasteiger partial charge in [0.15, 0.2) is 0 Å². The average Bonchev–Trinajstić information content (AvgIpc) is 2.84. The van der Waals surface area contributed by atoms with E-state index in [9.17, 15) is 4.79 Å². The van der Waals surface area contributed by atoms with Crippen LogP contribution in [0, 0.1) is 18.3 Å². The number of aromatic nitrogens is 2. The second-order valence-electron chi connectivity index (χ2n) is 6.61. The Kier molecular flexibility index (Phi) is 4.81. The summed E-state index contributed by atoms with van der Waals surface area (Å²) in [6.45, 7) is 6.15. The number of piperidine rings is 1. The molecule has 1 aromatic heterocycles. The monoisotopic (exact) mass is 346 g/mol. The van der Waals surface area contributed by atoms with E-state index in [1.807, 2.05) is 36.1 Å². The molecule has 0 amide bonds. The molecule has 1 saturated heterocycles. The number of benzene rings is 1. The lowest BCUT2D eigenvalue weighted by molar-refractivity contribution is 0.279. The van der Waals surface area contributed by atoms with Gasteiger partial charge in [0.05, 0.1) is 6.54 Å². The van der Waals surface area contributed by atoms with Crippen LogP contribution in [0.15, 0.2) is 29.1 Å². The van der Waals surface area contributed by atoms with Crippen molar-refractivity contribution in [3.63, 3.8) is 0 Å². The standard InChI is InChI=1S/C18H23ClN4O/c1-12-7-9-22(10-8-12)17(20)16-13(2)21-23(18(16)24)11-14-5-3-4-6-15(14)19/h3-6,12,20-21H,7-11H2,1-2H3. The number of hydrogen-bond acceptors (Lipinski definition) is 2. The Balaban J connectivity index is 1.86. The van der Waals surface area contributed by atoms with E-state index < -0.39 is 0 Å². The zero-order valence-corrected chi connectivity index (χ0v) is 14.9. The quantitative estimate of drug-likeness (QED) is 0.662. The molecule has 1 aromatic carbocycles. The van der Waals surface area contributed by atoms with E-state index in [1.54, 1.807) is 0 Å². The van der Waals surface area contributed by atoms with Gasteiger partial charge in [0.2, 0.25) is 0 Å². The smallest absolute Gasteiger partial charge is 0.278 e. The molecule has 24 heavy (non-hydrogen) atoms. The van der Waals surface area contributed by atoms with Gasteiger partial charge in [-0.05, 0) is 37.3 Å². The van der Waals surface area contributed by atoms with Crippen molar-refractivity contribution in [3.05, 3.63) is 56.5 Å². The summed E-state index contributed by atoms with van der Waals surface area (Å²) in [5.74, 6) is 1.02. The van der Waals surface area contributed by atoms with Crippen LogP contribution < -0.4 is 5.56 Å². The molecule has 0 bridgehead atoms. The average molecular weight is 347 g/mol. The first-order valence-electron chi connectivity index (χ1n) is 8.34. The Morgan fingerprint density at radius 2 is 2.00 bits per heavy atom. The summed E-state index contributed by atoms with van der Waals surface area (Å²) < 4.78 is 1.53. The normalized spacial score (nSPS) is 15.7. The van der Waals surface area contributed by atoms with E-state index in [4.69, 9.17) is 17.0 Å².